The summed E-state index contributed by atoms with van der Waals surface area (Å²) in [5.74, 6) is -4.04. The average Bonchev–Trinajstić information content (AvgIpc) is 2.76. The molecule has 7 heteroatoms. The lowest BCUT2D eigenvalue weighted by molar-refractivity contribution is 0.448. The van der Waals surface area contributed by atoms with E-state index in [4.69, 9.17) is 5.73 Å². The molecule has 0 fully saturated rings. The Balaban J connectivity index is 2.33. The Morgan fingerprint density at radius 2 is 1.79 bits per heavy atom. The summed E-state index contributed by atoms with van der Waals surface area (Å²) in [5.41, 5.74) is 5.96. The van der Waals surface area contributed by atoms with Crippen LogP contribution in [-0.4, -0.2) is 14.6 Å². The van der Waals surface area contributed by atoms with Gasteiger partial charge in [-0.05, 0) is 24.3 Å². The number of hydrogen-bond donors (Lipinski definition) is 1. The van der Waals surface area contributed by atoms with Crippen molar-refractivity contribution >= 4 is 11.6 Å². The fourth-order valence-corrected chi connectivity index (χ4v) is 1.85. The topological polar surface area (TPSA) is 56.2 Å². The molecule has 0 amide bonds. The zero-order chi connectivity index (χ0) is 13.6. The van der Waals surface area contributed by atoms with E-state index < -0.39 is 17.5 Å². The van der Waals surface area contributed by atoms with Gasteiger partial charge in [0.05, 0.1) is 5.69 Å². The molecule has 0 atom stereocenters. The first kappa shape index (κ1) is 11.5. The number of pyridine rings is 1. The number of aromatic nitrogens is 3. The lowest BCUT2D eigenvalue weighted by atomic mass is 10.1. The number of rotatable bonds is 1. The van der Waals surface area contributed by atoms with E-state index in [0.717, 1.165) is 12.1 Å². The lowest BCUT2D eigenvalue weighted by Gasteiger charge is -2.06. The molecule has 0 spiro atoms. The summed E-state index contributed by atoms with van der Waals surface area (Å²) in [4.78, 5) is 3.91. The van der Waals surface area contributed by atoms with Gasteiger partial charge in [-0.2, -0.15) is 4.98 Å². The van der Waals surface area contributed by atoms with Crippen molar-refractivity contribution in [2.24, 2.45) is 0 Å². The first-order chi connectivity index (χ1) is 9.08. The predicted octanol–water partition coefficient (Wildman–Crippen LogP) is 2.40. The first-order valence-electron chi connectivity index (χ1n) is 5.33. The Morgan fingerprint density at radius 3 is 2.58 bits per heavy atom. The van der Waals surface area contributed by atoms with E-state index in [1.165, 1.54) is 10.6 Å². The zero-order valence-corrected chi connectivity index (χ0v) is 9.44. The summed E-state index contributed by atoms with van der Waals surface area (Å²) in [6, 6.07) is 6.72. The van der Waals surface area contributed by atoms with Crippen LogP contribution < -0.4 is 5.73 Å². The molecule has 1 aromatic carbocycles. The van der Waals surface area contributed by atoms with Gasteiger partial charge < -0.3 is 5.73 Å². The Labute approximate surface area is 105 Å². The summed E-state index contributed by atoms with van der Waals surface area (Å²) in [6.07, 6.45) is 0. The summed E-state index contributed by atoms with van der Waals surface area (Å²) >= 11 is 0. The zero-order valence-electron chi connectivity index (χ0n) is 9.44. The number of fused-ring (bicyclic) bond motifs is 1. The predicted molar refractivity (Wildman–Crippen MR) is 62.7 cm³/mol. The highest BCUT2D eigenvalue weighted by atomic mass is 19.2. The van der Waals surface area contributed by atoms with Gasteiger partial charge >= 0.3 is 0 Å². The third-order valence-electron chi connectivity index (χ3n) is 2.69. The molecule has 0 aliphatic heterocycles. The fourth-order valence-electron chi connectivity index (χ4n) is 1.85. The minimum atomic E-state index is -1.53. The molecular formula is C12H7F3N4. The molecule has 2 heterocycles. The van der Waals surface area contributed by atoms with Crippen molar-refractivity contribution in [3.05, 3.63) is 47.8 Å². The van der Waals surface area contributed by atoms with Gasteiger partial charge in [0.25, 0.3) is 0 Å². The van der Waals surface area contributed by atoms with Crippen LogP contribution in [0.15, 0.2) is 30.3 Å². The Bertz CT molecular complexity index is 782. The molecule has 3 rings (SSSR count). The average molecular weight is 264 g/mol. The number of halogens is 3. The fraction of sp³-hybridized carbons (Fsp3) is 0. The van der Waals surface area contributed by atoms with Crippen molar-refractivity contribution in [3.8, 4) is 11.3 Å². The lowest BCUT2D eigenvalue weighted by Crippen LogP contribution is -1.99. The van der Waals surface area contributed by atoms with E-state index in [1.54, 1.807) is 12.1 Å². The second-order valence-electron chi connectivity index (χ2n) is 3.87. The van der Waals surface area contributed by atoms with Crippen molar-refractivity contribution in [3.63, 3.8) is 0 Å². The molecule has 0 bridgehead atoms. The van der Waals surface area contributed by atoms with Crippen LogP contribution in [0, 0.1) is 17.5 Å². The third-order valence-corrected chi connectivity index (χ3v) is 2.69. The summed E-state index contributed by atoms with van der Waals surface area (Å²) in [6.45, 7) is 0. The smallest absolute Gasteiger partial charge is 0.240 e. The summed E-state index contributed by atoms with van der Waals surface area (Å²) in [5, 5.41) is 3.88. The number of hydrogen-bond acceptors (Lipinski definition) is 3. The molecule has 2 N–H and O–H groups in total. The van der Waals surface area contributed by atoms with Gasteiger partial charge in [-0.3, -0.25) is 0 Å². The molecule has 4 nitrogen and oxygen atoms in total. The van der Waals surface area contributed by atoms with E-state index >= 15 is 0 Å². The SMILES string of the molecule is Nc1nc2cccc(-c3ccc(F)c(F)c3F)n2n1. The highest BCUT2D eigenvalue weighted by Gasteiger charge is 2.17. The molecule has 0 saturated carbocycles. The van der Waals surface area contributed by atoms with E-state index in [2.05, 4.69) is 10.1 Å². The standard InChI is InChI=1S/C12H7F3N4/c13-7-5-4-6(10(14)11(7)15)8-2-1-3-9-17-12(16)18-19(8)9/h1-5H,(H2,16,18). The van der Waals surface area contributed by atoms with E-state index in [1.807, 2.05) is 0 Å². The molecule has 0 aliphatic carbocycles. The molecule has 0 radical (unpaired) electrons. The molecule has 0 aliphatic rings. The Hall–Kier alpha value is -2.57. The molecular weight excluding hydrogens is 257 g/mol. The summed E-state index contributed by atoms with van der Waals surface area (Å²) in [7, 11) is 0. The minimum absolute atomic E-state index is 0.00967. The number of nitrogen functional groups attached to an aromatic ring is 1. The monoisotopic (exact) mass is 264 g/mol. The summed E-state index contributed by atoms with van der Waals surface area (Å²) < 4.78 is 41.2. The van der Waals surface area contributed by atoms with Gasteiger partial charge in [-0.1, -0.05) is 6.07 Å². The van der Waals surface area contributed by atoms with E-state index in [-0.39, 0.29) is 17.2 Å². The van der Waals surface area contributed by atoms with Crippen molar-refractivity contribution < 1.29 is 13.2 Å². The van der Waals surface area contributed by atoms with Gasteiger partial charge in [-0.15, -0.1) is 5.10 Å². The normalized spacial score (nSPS) is 11.1. The highest BCUT2D eigenvalue weighted by Crippen LogP contribution is 2.26. The van der Waals surface area contributed by atoms with Gasteiger partial charge in [0.1, 0.15) is 0 Å². The first-order valence-corrected chi connectivity index (χ1v) is 5.33. The maximum atomic E-state index is 13.8. The van der Waals surface area contributed by atoms with Crippen LogP contribution in [0.2, 0.25) is 0 Å². The second-order valence-corrected chi connectivity index (χ2v) is 3.87. The number of anilines is 1. The van der Waals surface area contributed by atoms with Crippen LogP contribution in [0.5, 0.6) is 0 Å². The van der Waals surface area contributed by atoms with Crippen molar-refractivity contribution in [2.75, 3.05) is 5.73 Å². The van der Waals surface area contributed by atoms with Crippen LogP contribution >= 0.6 is 0 Å². The largest absolute Gasteiger partial charge is 0.366 e. The molecule has 3 aromatic rings. The van der Waals surface area contributed by atoms with Crippen molar-refractivity contribution in [1.29, 1.82) is 0 Å². The number of nitrogens with zero attached hydrogens (tertiary/aromatic N) is 3. The Kier molecular flexibility index (Phi) is 2.41. The van der Waals surface area contributed by atoms with Crippen LogP contribution in [0.3, 0.4) is 0 Å². The van der Waals surface area contributed by atoms with Crippen LogP contribution in [0.25, 0.3) is 16.9 Å². The minimum Gasteiger partial charge on any atom is -0.366 e. The highest BCUT2D eigenvalue weighted by molar-refractivity contribution is 5.64. The van der Waals surface area contributed by atoms with Crippen LogP contribution in [0.4, 0.5) is 19.1 Å². The maximum absolute atomic E-state index is 13.8. The van der Waals surface area contributed by atoms with Crippen molar-refractivity contribution in [1.82, 2.24) is 14.6 Å². The molecule has 19 heavy (non-hydrogen) atoms. The van der Waals surface area contributed by atoms with Gasteiger partial charge in [-0.25, -0.2) is 17.7 Å². The molecule has 96 valence electrons. The van der Waals surface area contributed by atoms with Gasteiger partial charge in [0.2, 0.25) is 5.95 Å². The molecule has 0 unspecified atom stereocenters. The van der Waals surface area contributed by atoms with Gasteiger partial charge in [0.15, 0.2) is 23.1 Å². The Morgan fingerprint density at radius 1 is 1.00 bits per heavy atom. The maximum Gasteiger partial charge on any atom is 0.240 e. The van der Waals surface area contributed by atoms with Crippen LogP contribution in [-0.2, 0) is 0 Å². The molecule has 2 aromatic heterocycles. The van der Waals surface area contributed by atoms with E-state index in [9.17, 15) is 13.2 Å². The quantitative estimate of drug-likeness (QED) is 0.686. The van der Waals surface area contributed by atoms with Crippen LogP contribution in [0.1, 0.15) is 0 Å². The second kappa shape index (κ2) is 3.98. The third kappa shape index (κ3) is 1.70. The van der Waals surface area contributed by atoms with Crippen molar-refractivity contribution in [2.45, 2.75) is 0 Å². The molecule has 0 saturated heterocycles. The van der Waals surface area contributed by atoms with Gasteiger partial charge in [0, 0.05) is 5.56 Å². The van der Waals surface area contributed by atoms with E-state index in [0.29, 0.717) is 5.65 Å². The number of benzene rings is 1. The number of nitrogens with two attached hydrogens (primary N) is 1.